The van der Waals surface area contributed by atoms with Gasteiger partial charge in [-0.2, -0.15) is 0 Å². The highest BCUT2D eigenvalue weighted by Crippen LogP contribution is 2.33. The summed E-state index contributed by atoms with van der Waals surface area (Å²) in [5, 5.41) is 10.8. The summed E-state index contributed by atoms with van der Waals surface area (Å²) in [5.41, 5.74) is 0.684. The van der Waals surface area contributed by atoms with Gasteiger partial charge in [0.1, 0.15) is 4.88 Å². The zero-order valence-corrected chi connectivity index (χ0v) is 13.2. The van der Waals surface area contributed by atoms with Crippen molar-refractivity contribution in [1.82, 2.24) is 0 Å². The summed E-state index contributed by atoms with van der Waals surface area (Å²) in [4.78, 5) is 22.1. The molecular formula is C12H7BrClNO4S. The number of rotatable bonds is 3. The van der Waals surface area contributed by atoms with Crippen molar-refractivity contribution in [2.24, 2.45) is 0 Å². The zero-order chi connectivity index (χ0) is 14.9. The van der Waals surface area contributed by atoms with Crippen LogP contribution in [0.25, 0.3) is 0 Å². The van der Waals surface area contributed by atoms with Gasteiger partial charge in [0.25, 0.3) is 0 Å². The van der Waals surface area contributed by atoms with Crippen LogP contribution in [0.15, 0.2) is 28.7 Å². The van der Waals surface area contributed by atoms with Crippen LogP contribution in [0.3, 0.4) is 0 Å². The first-order valence-electron chi connectivity index (χ1n) is 5.30. The molecule has 0 amide bonds. The van der Waals surface area contributed by atoms with E-state index in [4.69, 9.17) is 16.3 Å². The molecule has 2 aromatic rings. The molecule has 20 heavy (non-hydrogen) atoms. The zero-order valence-electron chi connectivity index (χ0n) is 10.1. The monoisotopic (exact) mass is 375 g/mol. The van der Waals surface area contributed by atoms with E-state index in [9.17, 15) is 14.9 Å². The summed E-state index contributed by atoms with van der Waals surface area (Å²) >= 11 is 10.0. The molecule has 0 bridgehead atoms. The Labute approximate surface area is 131 Å². The highest BCUT2D eigenvalue weighted by molar-refractivity contribution is 9.10. The first-order chi connectivity index (χ1) is 9.38. The maximum absolute atomic E-state index is 11.9. The van der Waals surface area contributed by atoms with Crippen molar-refractivity contribution in [3.63, 3.8) is 0 Å². The second kappa shape index (κ2) is 5.90. The fourth-order valence-electron chi connectivity index (χ4n) is 1.50. The van der Waals surface area contributed by atoms with Gasteiger partial charge in [0.05, 0.1) is 9.95 Å². The van der Waals surface area contributed by atoms with E-state index in [1.54, 1.807) is 19.1 Å². The van der Waals surface area contributed by atoms with Crippen molar-refractivity contribution in [3.05, 3.63) is 54.3 Å². The van der Waals surface area contributed by atoms with Crippen LogP contribution >= 0.6 is 38.9 Å². The van der Waals surface area contributed by atoms with Crippen LogP contribution in [0.4, 0.5) is 5.00 Å². The van der Waals surface area contributed by atoms with Crippen LogP contribution in [0.2, 0.25) is 5.02 Å². The molecule has 0 aliphatic rings. The van der Waals surface area contributed by atoms with Gasteiger partial charge in [0.2, 0.25) is 0 Å². The minimum absolute atomic E-state index is 0.115. The van der Waals surface area contributed by atoms with E-state index >= 15 is 0 Å². The van der Waals surface area contributed by atoms with Gasteiger partial charge in [-0.3, -0.25) is 10.1 Å². The van der Waals surface area contributed by atoms with Crippen LogP contribution in [0.5, 0.6) is 5.75 Å². The molecule has 0 spiro atoms. The van der Waals surface area contributed by atoms with E-state index in [-0.39, 0.29) is 20.7 Å². The number of thiophene rings is 1. The number of carbonyl (C=O) groups is 1. The molecule has 1 aromatic carbocycles. The molecule has 0 saturated carbocycles. The number of carbonyl (C=O) groups excluding carboxylic acids is 1. The van der Waals surface area contributed by atoms with Gasteiger partial charge in [0.15, 0.2) is 5.75 Å². The standard InChI is InChI=1S/C12H7BrClNO4S/c1-6-4-7(13)5-8(14)11(6)19-12(16)9-2-3-10(20-9)15(17)18/h2-5H,1H3. The highest BCUT2D eigenvalue weighted by Gasteiger charge is 2.19. The highest BCUT2D eigenvalue weighted by atomic mass is 79.9. The van der Waals surface area contributed by atoms with Crippen molar-refractivity contribution >= 4 is 49.8 Å². The molecule has 0 saturated heterocycles. The first-order valence-corrected chi connectivity index (χ1v) is 7.29. The molecule has 0 aliphatic heterocycles. The number of ether oxygens (including phenoxy) is 1. The van der Waals surface area contributed by atoms with Crippen molar-refractivity contribution in [1.29, 1.82) is 0 Å². The Hall–Kier alpha value is -1.44. The molecule has 1 aromatic heterocycles. The lowest BCUT2D eigenvalue weighted by Crippen LogP contribution is -2.07. The number of aryl methyl sites for hydroxylation is 1. The van der Waals surface area contributed by atoms with Crippen molar-refractivity contribution in [2.75, 3.05) is 0 Å². The Kier molecular flexibility index (Phi) is 4.42. The van der Waals surface area contributed by atoms with E-state index in [1.807, 2.05) is 0 Å². The smallest absolute Gasteiger partial charge is 0.354 e. The third-order valence-electron chi connectivity index (χ3n) is 2.36. The van der Waals surface area contributed by atoms with Gasteiger partial charge < -0.3 is 4.74 Å². The minimum Gasteiger partial charge on any atom is -0.420 e. The third-order valence-corrected chi connectivity index (χ3v) is 4.12. The molecule has 0 aliphatic carbocycles. The maximum Gasteiger partial charge on any atom is 0.354 e. The average Bonchev–Trinajstić information content (AvgIpc) is 2.83. The summed E-state index contributed by atoms with van der Waals surface area (Å²) in [6.45, 7) is 1.75. The van der Waals surface area contributed by atoms with E-state index in [1.165, 1.54) is 12.1 Å². The van der Waals surface area contributed by atoms with Crippen LogP contribution in [-0.2, 0) is 0 Å². The molecule has 0 radical (unpaired) electrons. The molecule has 0 N–H and O–H groups in total. The van der Waals surface area contributed by atoms with Crippen molar-refractivity contribution in [2.45, 2.75) is 6.92 Å². The molecule has 104 valence electrons. The number of halogens is 2. The molecule has 8 heteroatoms. The third kappa shape index (κ3) is 3.17. The second-order valence-corrected chi connectivity index (χ2v) is 6.20. The molecule has 0 fully saturated rings. The number of hydrogen-bond acceptors (Lipinski definition) is 5. The predicted molar refractivity (Wildman–Crippen MR) is 79.8 cm³/mol. The fraction of sp³-hybridized carbons (Fsp3) is 0.0833. The number of nitrogens with zero attached hydrogens (tertiary/aromatic N) is 1. The topological polar surface area (TPSA) is 69.4 Å². The second-order valence-electron chi connectivity index (χ2n) is 3.82. The Bertz CT molecular complexity index is 678. The summed E-state index contributed by atoms with van der Waals surface area (Å²) in [7, 11) is 0. The molecule has 2 rings (SSSR count). The van der Waals surface area contributed by atoms with Gasteiger partial charge >= 0.3 is 11.0 Å². The molecular weight excluding hydrogens is 370 g/mol. The Morgan fingerprint density at radius 1 is 1.45 bits per heavy atom. The van der Waals surface area contributed by atoms with Gasteiger partial charge in [-0.15, -0.1) is 0 Å². The SMILES string of the molecule is Cc1cc(Br)cc(Cl)c1OC(=O)c1ccc([N+](=O)[O-])s1. The number of hydrogen-bond donors (Lipinski definition) is 0. The fourth-order valence-corrected chi connectivity index (χ4v) is 3.20. The maximum atomic E-state index is 11.9. The van der Waals surface area contributed by atoms with Crippen LogP contribution in [-0.4, -0.2) is 10.9 Å². The first kappa shape index (κ1) is 15.0. The lowest BCUT2D eigenvalue weighted by atomic mass is 10.2. The van der Waals surface area contributed by atoms with Crippen LogP contribution in [0, 0.1) is 17.0 Å². The van der Waals surface area contributed by atoms with E-state index < -0.39 is 10.9 Å². The number of esters is 1. The Balaban J connectivity index is 2.25. The summed E-state index contributed by atoms with van der Waals surface area (Å²) in [6.07, 6.45) is 0. The van der Waals surface area contributed by atoms with Gasteiger partial charge in [0, 0.05) is 10.5 Å². The van der Waals surface area contributed by atoms with Crippen LogP contribution < -0.4 is 4.74 Å². The van der Waals surface area contributed by atoms with E-state index in [0.29, 0.717) is 5.56 Å². The quantitative estimate of drug-likeness (QED) is 0.340. The average molecular weight is 377 g/mol. The summed E-state index contributed by atoms with van der Waals surface area (Å²) in [6, 6.07) is 5.98. The molecule has 5 nitrogen and oxygen atoms in total. The van der Waals surface area contributed by atoms with Crippen molar-refractivity contribution < 1.29 is 14.5 Å². The van der Waals surface area contributed by atoms with E-state index in [0.717, 1.165) is 15.8 Å². The van der Waals surface area contributed by atoms with E-state index in [2.05, 4.69) is 15.9 Å². The van der Waals surface area contributed by atoms with Crippen molar-refractivity contribution in [3.8, 4) is 5.75 Å². The predicted octanol–water partition coefficient (Wildman–Crippen LogP) is 4.60. The van der Waals surface area contributed by atoms with Crippen LogP contribution in [0.1, 0.15) is 15.2 Å². The number of benzene rings is 1. The van der Waals surface area contributed by atoms with Gasteiger partial charge in [-0.1, -0.05) is 38.9 Å². The lowest BCUT2D eigenvalue weighted by molar-refractivity contribution is -0.380. The Morgan fingerprint density at radius 3 is 2.70 bits per heavy atom. The lowest BCUT2D eigenvalue weighted by Gasteiger charge is -2.08. The summed E-state index contributed by atoms with van der Waals surface area (Å²) < 4.78 is 5.98. The summed E-state index contributed by atoms with van der Waals surface area (Å²) in [5.74, 6) is -0.425. The number of nitro groups is 1. The Morgan fingerprint density at radius 2 is 2.15 bits per heavy atom. The van der Waals surface area contributed by atoms with Gasteiger partial charge in [-0.25, -0.2) is 4.79 Å². The molecule has 0 atom stereocenters. The van der Waals surface area contributed by atoms with Gasteiger partial charge in [-0.05, 0) is 30.7 Å². The largest absolute Gasteiger partial charge is 0.420 e. The normalized spacial score (nSPS) is 10.3. The molecule has 1 heterocycles. The molecule has 0 unspecified atom stereocenters. The minimum atomic E-state index is -0.671.